The van der Waals surface area contributed by atoms with Gasteiger partial charge in [-0.2, -0.15) is 0 Å². The number of amides is 1. The standard InChI is InChI=1S/C30H32N2O2/c1-4-18-31-27-19-25(34-3)16-17-26(27)30(29(31)33)20-24(5-2)32(21-22-12-8-6-9-13-22)28(30)23-14-10-7-11-15-23/h5-17,19,24,28H,2,4,18,20-21H2,1,3H3/t24-,28+,30-/m1/s1. The van der Waals surface area contributed by atoms with Gasteiger partial charge in [0.05, 0.1) is 24.3 Å². The molecule has 0 N–H and O–H groups in total. The van der Waals surface area contributed by atoms with Crippen LogP contribution in [0.15, 0.2) is 91.5 Å². The van der Waals surface area contributed by atoms with Gasteiger partial charge in [-0.3, -0.25) is 9.69 Å². The molecule has 0 radical (unpaired) electrons. The van der Waals surface area contributed by atoms with Crippen molar-refractivity contribution in [3.8, 4) is 5.75 Å². The predicted molar refractivity (Wildman–Crippen MR) is 137 cm³/mol. The molecule has 0 unspecified atom stereocenters. The summed E-state index contributed by atoms with van der Waals surface area (Å²) in [5, 5.41) is 0. The van der Waals surface area contributed by atoms with Gasteiger partial charge in [0.2, 0.25) is 5.91 Å². The highest BCUT2D eigenvalue weighted by molar-refractivity contribution is 6.09. The third-order valence-electron chi connectivity index (χ3n) is 7.40. The first kappa shape index (κ1) is 22.4. The first-order valence-electron chi connectivity index (χ1n) is 12.1. The molecule has 0 aromatic heterocycles. The summed E-state index contributed by atoms with van der Waals surface area (Å²) in [6, 6.07) is 27.1. The van der Waals surface area contributed by atoms with E-state index in [0.717, 1.165) is 35.5 Å². The minimum atomic E-state index is -0.675. The van der Waals surface area contributed by atoms with E-state index in [9.17, 15) is 4.79 Å². The number of hydrogen-bond donors (Lipinski definition) is 0. The largest absolute Gasteiger partial charge is 0.497 e. The van der Waals surface area contributed by atoms with Crippen molar-refractivity contribution >= 4 is 11.6 Å². The van der Waals surface area contributed by atoms with Crippen molar-refractivity contribution in [2.24, 2.45) is 0 Å². The summed E-state index contributed by atoms with van der Waals surface area (Å²) in [7, 11) is 1.68. The molecule has 0 saturated carbocycles. The smallest absolute Gasteiger partial charge is 0.239 e. The van der Waals surface area contributed by atoms with E-state index in [0.29, 0.717) is 13.0 Å². The highest BCUT2D eigenvalue weighted by atomic mass is 16.5. The summed E-state index contributed by atoms with van der Waals surface area (Å²) >= 11 is 0. The maximum Gasteiger partial charge on any atom is 0.239 e. The van der Waals surface area contributed by atoms with Gasteiger partial charge in [0.15, 0.2) is 0 Å². The number of hydrogen-bond acceptors (Lipinski definition) is 3. The van der Waals surface area contributed by atoms with Crippen molar-refractivity contribution in [2.45, 2.75) is 43.8 Å². The maximum atomic E-state index is 14.4. The van der Waals surface area contributed by atoms with Crippen molar-refractivity contribution in [3.05, 3.63) is 108 Å². The topological polar surface area (TPSA) is 32.8 Å². The minimum absolute atomic E-state index is 0.0749. The zero-order valence-corrected chi connectivity index (χ0v) is 20.0. The highest BCUT2D eigenvalue weighted by Crippen LogP contribution is 2.59. The van der Waals surface area contributed by atoms with E-state index >= 15 is 0 Å². The second-order valence-electron chi connectivity index (χ2n) is 9.29. The number of anilines is 1. The summed E-state index contributed by atoms with van der Waals surface area (Å²) in [6.45, 7) is 7.76. The van der Waals surface area contributed by atoms with Crippen LogP contribution in [0.1, 0.15) is 42.5 Å². The molecule has 2 heterocycles. The summed E-state index contributed by atoms with van der Waals surface area (Å²) in [6.07, 6.45) is 3.63. The van der Waals surface area contributed by atoms with E-state index in [1.54, 1.807) is 7.11 Å². The Balaban J connectivity index is 1.72. The SMILES string of the molecule is C=C[C@@H]1C[C@]2(C(=O)N(CCC)c3cc(OC)ccc32)[C@H](c2ccccc2)N1Cc1ccccc1. The van der Waals surface area contributed by atoms with Crippen LogP contribution in [0.2, 0.25) is 0 Å². The Morgan fingerprint density at radius 1 is 1.06 bits per heavy atom. The van der Waals surface area contributed by atoms with E-state index in [1.807, 2.05) is 35.2 Å². The van der Waals surface area contributed by atoms with Crippen LogP contribution in [0, 0.1) is 0 Å². The fraction of sp³-hybridized carbons (Fsp3) is 0.300. The average Bonchev–Trinajstić information content (AvgIpc) is 3.33. The average molecular weight is 453 g/mol. The van der Waals surface area contributed by atoms with Crippen LogP contribution in [0.5, 0.6) is 5.75 Å². The first-order chi connectivity index (χ1) is 16.6. The highest BCUT2D eigenvalue weighted by Gasteiger charge is 2.62. The summed E-state index contributed by atoms with van der Waals surface area (Å²) in [4.78, 5) is 18.9. The lowest BCUT2D eigenvalue weighted by Crippen LogP contribution is -2.44. The Morgan fingerprint density at radius 2 is 1.76 bits per heavy atom. The van der Waals surface area contributed by atoms with Gasteiger partial charge in [0, 0.05) is 25.2 Å². The Labute approximate surface area is 202 Å². The Bertz CT molecular complexity index is 1180. The lowest BCUT2D eigenvalue weighted by atomic mass is 9.72. The van der Waals surface area contributed by atoms with Crippen molar-refractivity contribution in [3.63, 3.8) is 0 Å². The van der Waals surface area contributed by atoms with Gasteiger partial charge >= 0.3 is 0 Å². The number of likely N-dealkylation sites (tertiary alicyclic amines) is 1. The Kier molecular flexibility index (Phi) is 6.01. The van der Waals surface area contributed by atoms with Crippen LogP contribution >= 0.6 is 0 Å². The minimum Gasteiger partial charge on any atom is -0.497 e. The lowest BCUT2D eigenvalue weighted by Gasteiger charge is -2.36. The van der Waals surface area contributed by atoms with Crippen LogP contribution in [-0.2, 0) is 16.8 Å². The number of rotatable bonds is 7. The molecule has 4 heteroatoms. The molecule has 3 atom stereocenters. The molecule has 2 aliphatic heterocycles. The molecule has 34 heavy (non-hydrogen) atoms. The van der Waals surface area contributed by atoms with Gasteiger partial charge in [-0.05, 0) is 35.6 Å². The molecule has 1 fully saturated rings. The van der Waals surface area contributed by atoms with Crippen LogP contribution < -0.4 is 9.64 Å². The number of carbonyl (C=O) groups is 1. The molecule has 0 aliphatic carbocycles. The van der Waals surface area contributed by atoms with Gasteiger partial charge in [-0.25, -0.2) is 0 Å². The number of nitrogens with zero attached hydrogens (tertiary/aromatic N) is 2. The van der Waals surface area contributed by atoms with Crippen molar-refractivity contribution in [1.29, 1.82) is 0 Å². The van der Waals surface area contributed by atoms with Gasteiger partial charge in [0.1, 0.15) is 5.75 Å². The molecule has 174 valence electrons. The molecule has 1 amide bonds. The van der Waals surface area contributed by atoms with Crippen LogP contribution in [-0.4, -0.2) is 30.5 Å². The van der Waals surface area contributed by atoms with Gasteiger partial charge in [0.25, 0.3) is 0 Å². The molecular formula is C30H32N2O2. The number of carbonyl (C=O) groups excluding carboxylic acids is 1. The molecule has 4 nitrogen and oxygen atoms in total. The van der Waals surface area contributed by atoms with Crippen molar-refractivity contribution in [1.82, 2.24) is 4.90 Å². The fourth-order valence-corrected chi connectivity index (χ4v) is 5.98. The quantitative estimate of drug-likeness (QED) is 0.419. The number of fused-ring (bicyclic) bond motifs is 2. The van der Waals surface area contributed by atoms with Gasteiger partial charge in [-0.1, -0.05) is 79.7 Å². The Morgan fingerprint density at radius 3 is 2.41 bits per heavy atom. The number of ether oxygens (including phenoxy) is 1. The molecule has 2 aliphatic rings. The molecule has 5 rings (SSSR count). The van der Waals surface area contributed by atoms with E-state index in [2.05, 4.69) is 73.0 Å². The zero-order chi connectivity index (χ0) is 23.7. The molecule has 1 saturated heterocycles. The molecule has 3 aromatic carbocycles. The van der Waals surface area contributed by atoms with E-state index < -0.39 is 5.41 Å². The molecule has 3 aromatic rings. The predicted octanol–water partition coefficient (Wildman–Crippen LogP) is 5.89. The Hall–Kier alpha value is -3.37. The van der Waals surface area contributed by atoms with Crippen LogP contribution in [0.3, 0.4) is 0 Å². The van der Waals surface area contributed by atoms with Gasteiger partial charge < -0.3 is 9.64 Å². The van der Waals surface area contributed by atoms with Crippen LogP contribution in [0.4, 0.5) is 5.69 Å². The summed E-state index contributed by atoms with van der Waals surface area (Å²) < 4.78 is 5.54. The van der Waals surface area contributed by atoms with Crippen molar-refractivity contribution in [2.75, 3.05) is 18.6 Å². The third-order valence-corrected chi connectivity index (χ3v) is 7.40. The van der Waals surface area contributed by atoms with Crippen LogP contribution in [0.25, 0.3) is 0 Å². The normalized spacial score (nSPS) is 23.9. The lowest BCUT2D eigenvalue weighted by molar-refractivity contribution is -0.124. The maximum absolute atomic E-state index is 14.4. The zero-order valence-electron chi connectivity index (χ0n) is 20.0. The summed E-state index contributed by atoms with van der Waals surface area (Å²) in [5.74, 6) is 0.967. The molecule has 0 bridgehead atoms. The molecule has 1 spiro atoms. The second-order valence-corrected chi connectivity index (χ2v) is 9.29. The van der Waals surface area contributed by atoms with Gasteiger partial charge in [-0.15, -0.1) is 6.58 Å². The number of benzene rings is 3. The number of methoxy groups -OCH3 is 1. The van der Waals surface area contributed by atoms with E-state index in [4.69, 9.17) is 4.74 Å². The monoisotopic (exact) mass is 452 g/mol. The third kappa shape index (κ3) is 3.45. The second kappa shape index (κ2) is 9.11. The summed E-state index contributed by atoms with van der Waals surface area (Å²) in [5.41, 5.74) is 3.81. The van der Waals surface area contributed by atoms with Crippen molar-refractivity contribution < 1.29 is 9.53 Å². The van der Waals surface area contributed by atoms with E-state index in [1.165, 1.54) is 5.56 Å². The fourth-order valence-electron chi connectivity index (χ4n) is 5.98. The van der Waals surface area contributed by atoms with E-state index in [-0.39, 0.29) is 18.0 Å². The first-order valence-corrected chi connectivity index (χ1v) is 12.1. The molecular weight excluding hydrogens is 420 g/mol.